The summed E-state index contributed by atoms with van der Waals surface area (Å²) in [6, 6.07) is -0.0773. The summed E-state index contributed by atoms with van der Waals surface area (Å²) in [5.74, 6) is -5.89. The molecular formula is C11H7F9O3. The topological polar surface area (TPSA) is 49.7 Å². The fraction of sp³-hybridized carbons (Fsp3) is 0.455. The lowest BCUT2D eigenvalue weighted by Crippen LogP contribution is -2.50. The molecule has 0 heterocycles. The fourth-order valence-corrected chi connectivity index (χ4v) is 1.31. The largest absolute Gasteiger partial charge is 0.487 e. The van der Waals surface area contributed by atoms with E-state index in [2.05, 4.69) is 4.74 Å². The fourth-order valence-electron chi connectivity index (χ4n) is 1.31. The van der Waals surface area contributed by atoms with Crippen LogP contribution < -0.4 is 4.74 Å². The lowest BCUT2D eigenvalue weighted by Gasteiger charge is -2.25. The molecule has 1 aromatic rings. The van der Waals surface area contributed by atoms with E-state index < -0.39 is 47.8 Å². The Balaban J connectivity index is 3.18. The average Bonchev–Trinajstić information content (AvgIpc) is 2.32. The van der Waals surface area contributed by atoms with E-state index in [1.807, 2.05) is 0 Å². The molecule has 0 aliphatic heterocycles. The number of benzene rings is 1. The molecule has 0 saturated heterocycles. The van der Waals surface area contributed by atoms with Crippen molar-refractivity contribution < 1.29 is 54.5 Å². The van der Waals surface area contributed by atoms with Crippen LogP contribution in [0.2, 0.25) is 0 Å². The lowest BCUT2D eigenvalue weighted by molar-refractivity contribution is -0.355. The number of ether oxygens (including phenoxy) is 1. The Morgan fingerprint density at radius 3 is 1.74 bits per heavy atom. The van der Waals surface area contributed by atoms with E-state index in [0.29, 0.717) is 0 Å². The minimum Gasteiger partial charge on any atom is -0.487 e. The monoisotopic (exact) mass is 358 g/mol. The highest BCUT2D eigenvalue weighted by Crippen LogP contribution is 2.41. The third kappa shape index (κ3) is 4.64. The van der Waals surface area contributed by atoms with Gasteiger partial charge in [-0.2, -0.15) is 39.5 Å². The minimum atomic E-state index is -5.64. The van der Waals surface area contributed by atoms with Crippen molar-refractivity contribution in [2.75, 3.05) is 6.61 Å². The van der Waals surface area contributed by atoms with Crippen molar-refractivity contribution >= 4 is 0 Å². The lowest BCUT2D eigenvalue weighted by atomic mass is 10.1. The number of aliphatic hydroxyl groups is 2. The van der Waals surface area contributed by atoms with Gasteiger partial charge in [-0.3, -0.25) is 0 Å². The van der Waals surface area contributed by atoms with Gasteiger partial charge < -0.3 is 14.9 Å². The first-order chi connectivity index (χ1) is 10.1. The SMILES string of the molecule is OC(O)(COc1ccc(C(F)(F)F)cc1C(F)(F)F)C(F)(F)F. The maximum Gasteiger partial charge on any atom is 0.446 e. The van der Waals surface area contributed by atoms with Gasteiger partial charge in [-0.15, -0.1) is 0 Å². The van der Waals surface area contributed by atoms with Crippen LogP contribution in [0.3, 0.4) is 0 Å². The summed E-state index contributed by atoms with van der Waals surface area (Å²) in [6.45, 7) is -2.06. The maximum atomic E-state index is 12.7. The van der Waals surface area contributed by atoms with E-state index in [-0.39, 0.29) is 18.2 Å². The predicted molar refractivity (Wildman–Crippen MR) is 55.2 cm³/mol. The molecule has 1 aromatic carbocycles. The van der Waals surface area contributed by atoms with Gasteiger partial charge in [0.15, 0.2) is 6.61 Å². The van der Waals surface area contributed by atoms with Gasteiger partial charge in [-0.1, -0.05) is 0 Å². The zero-order chi connectivity index (χ0) is 18.3. The number of hydrogen-bond donors (Lipinski definition) is 2. The highest BCUT2D eigenvalue weighted by Gasteiger charge is 2.54. The molecule has 3 nitrogen and oxygen atoms in total. The molecule has 132 valence electrons. The van der Waals surface area contributed by atoms with Gasteiger partial charge in [0.05, 0.1) is 11.1 Å². The predicted octanol–water partition coefficient (Wildman–Crippen LogP) is 3.35. The quantitative estimate of drug-likeness (QED) is 0.644. The van der Waals surface area contributed by atoms with Gasteiger partial charge in [0.25, 0.3) is 5.79 Å². The highest BCUT2D eigenvalue weighted by molar-refractivity contribution is 5.40. The van der Waals surface area contributed by atoms with Crippen molar-refractivity contribution in [3.63, 3.8) is 0 Å². The first-order valence-electron chi connectivity index (χ1n) is 5.48. The zero-order valence-electron chi connectivity index (χ0n) is 10.6. The van der Waals surface area contributed by atoms with E-state index in [4.69, 9.17) is 10.2 Å². The van der Waals surface area contributed by atoms with Gasteiger partial charge in [0, 0.05) is 0 Å². The van der Waals surface area contributed by atoms with Crippen LogP contribution in [-0.2, 0) is 12.4 Å². The third-order valence-corrected chi connectivity index (χ3v) is 2.50. The molecule has 23 heavy (non-hydrogen) atoms. The second-order valence-electron chi connectivity index (χ2n) is 4.31. The second kappa shape index (κ2) is 5.74. The molecule has 0 fully saturated rings. The van der Waals surface area contributed by atoms with Crippen molar-refractivity contribution in [2.24, 2.45) is 0 Å². The molecule has 0 amide bonds. The Morgan fingerprint density at radius 2 is 1.35 bits per heavy atom. The molecule has 0 saturated carbocycles. The molecule has 0 aliphatic carbocycles. The van der Waals surface area contributed by atoms with E-state index in [1.165, 1.54) is 0 Å². The Bertz CT molecular complexity index is 557. The molecule has 0 radical (unpaired) electrons. The number of halogens is 9. The smallest absolute Gasteiger partial charge is 0.446 e. The van der Waals surface area contributed by atoms with Gasteiger partial charge in [-0.25, -0.2) is 0 Å². The van der Waals surface area contributed by atoms with Crippen LogP contribution in [0.1, 0.15) is 11.1 Å². The highest BCUT2D eigenvalue weighted by atomic mass is 19.4. The molecule has 0 unspecified atom stereocenters. The van der Waals surface area contributed by atoms with E-state index in [9.17, 15) is 39.5 Å². The van der Waals surface area contributed by atoms with Gasteiger partial charge in [0.2, 0.25) is 0 Å². The van der Waals surface area contributed by atoms with Gasteiger partial charge >= 0.3 is 18.5 Å². The molecule has 12 heteroatoms. The Morgan fingerprint density at radius 1 is 0.826 bits per heavy atom. The summed E-state index contributed by atoms with van der Waals surface area (Å²) in [7, 11) is 0. The summed E-state index contributed by atoms with van der Waals surface area (Å²) >= 11 is 0. The first kappa shape index (κ1) is 19.4. The molecule has 2 N–H and O–H groups in total. The van der Waals surface area contributed by atoms with E-state index in [1.54, 1.807) is 0 Å². The molecule has 0 aliphatic rings. The van der Waals surface area contributed by atoms with Crippen LogP contribution in [0.4, 0.5) is 39.5 Å². The van der Waals surface area contributed by atoms with Gasteiger partial charge in [-0.05, 0) is 18.2 Å². The average molecular weight is 358 g/mol. The molecule has 0 aromatic heterocycles. The maximum absolute atomic E-state index is 12.7. The minimum absolute atomic E-state index is 0.137. The normalized spacial score (nSPS) is 14.0. The summed E-state index contributed by atoms with van der Waals surface area (Å²) < 4.78 is 116. The van der Waals surface area contributed by atoms with Crippen LogP contribution in [0.25, 0.3) is 0 Å². The van der Waals surface area contributed by atoms with Crippen LogP contribution >= 0.6 is 0 Å². The molecule has 0 spiro atoms. The number of alkyl halides is 9. The number of hydrogen-bond acceptors (Lipinski definition) is 3. The van der Waals surface area contributed by atoms with Gasteiger partial charge in [0.1, 0.15) is 5.75 Å². The summed E-state index contributed by atoms with van der Waals surface area (Å²) in [6.07, 6.45) is -16.1. The Hall–Kier alpha value is -1.69. The van der Waals surface area contributed by atoms with E-state index in [0.717, 1.165) is 0 Å². The molecule has 1 rings (SSSR count). The van der Waals surface area contributed by atoms with Crippen molar-refractivity contribution in [3.8, 4) is 5.75 Å². The Kier molecular flexibility index (Phi) is 4.83. The van der Waals surface area contributed by atoms with E-state index >= 15 is 0 Å². The number of rotatable bonds is 3. The van der Waals surface area contributed by atoms with Crippen LogP contribution in [0, 0.1) is 0 Å². The summed E-state index contributed by atoms with van der Waals surface area (Å²) in [5, 5.41) is 17.3. The molecule has 0 atom stereocenters. The van der Waals surface area contributed by atoms with Crippen molar-refractivity contribution in [3.05, 3.63) is 29.3 Å². The molecular weight excluding hydrogens is 351 g/mol. The summed E-state index contributed by atoms with van der Waals surface area (Å²) in [4.78, 5) is 0. The zero-order valence-corrected chi connectivity index (χ0v) is 10.6. The van der Waals surface area contributed by atoms with Crippen molar-refractivity contribution in [2.45, 2.75) is 24.3 Å². The Labute approximate surface area is 121 Å². The van der Waals surface area contributed by atoms with Crippen molar-refractivity contribution in [1.29, 1.82) is 0 Å². The van der Waals surface area contributed by atoms with Crippen molar-refractivity contribution in [1.82, 2.24) is 0 Å². The molecule has 0 bridgehead atoms. The first-order valence-corrected chi connectivity index (χ1v) is 5.48. The van der Waals surface area contributed by atoms with Crippen LogP contribution in [0.15, 0.2) is 18.2 Å². The standard InChI is InChI=1S/C11H7F9O3/c12-9(13,14)5-1-2-7(6(3-5)10(15,16)17)23-4-8(21,22)11(18,19)20/h1-3,21-22H,4H2. The summed E-state index contributed by atoms with van der Waals surface area (Å²) in [5.41, 5.74) is -3.71. The second-order valence-corrected chi connectivity index (χ2v) is 4.31. The van der Waals surface area contributed by atoms with Crippen LogP contribution in [-0.4, -0.2) is 28.8 Å². The third-order valence-electron chi connectivity index (χ3n) is 2.50. The van der Waals surface area contributed by atoms with Crippen LogP contribution in [0.5, 0.6) is 5.75 Å².